The van der Waals surface area contributed by atoms with Gasteiger partial charge in [0.25, 0.3) is 0 Å². The van der Waals surface area contributed by atoms with E-state index in [2.05, 4.69) is 5.32 Å². The van der Waals surface area contributed by atoms with Crippen LogP contribution in [0.3, 0.4) is 0 Å². The molecule has 0 aliphatic heterocycles. The van der Waals surface area contributed by atoms with Gasteiger partial charge in [-0.15, -0.1) is 16.3 Å². The van der Waals surface area contributed by atoms with Crippen molar-refractivity contribution in [2.45, 2.75) is 25.7 Å². The zero-order chi connectivity index (χ0) is 15.0. The predicted molar refractivity (Wildman–Crippen MR) is 71.5 cm³/mol. The molecule has 1 heterocycles. The van der Waals surface area contributed by atoms with Crippen LogP contribution in [0, 0.1) is 0 Å². The standard InChI is InChI=1S/C12H17ClN2O5/c13-8-9(16)14-7-3-1-2-4-12(19)20-15-10(17)5-6-11(15)18/h5-6,17-18H,1-4,7-8H2,(H,14,16). The maximum atomic E-state index is 11.4. The molecular formula is C12H17ClN2O5. The first-order chi connectivity index (χ1) is 9.54. The van der Waals surface area contributed by atoms with Crippen molar-refractivity contribution in [2.24, 2.45) is 0 Å². The number of halogens is 1. The van der Waals surface area contributed by atoms with E-state index in [4.69, 9.17) is 16.4 Å². The fraction of sp³-hybridized carbons (Fsp3) is 0.500. The van der Waals surface area contributed by atoms with Crippen LogP contribution in [0.15, 0.2) is 12.1 Å². The number of rotatable bonds is 8. The van der Waals surface area contributed by atoms with Crippen LogP contribution in [0.25, 0.3) is 0 Å². The number of carbonyl (C=O) groups is 2. The molecule has 0 saturated carbocycles. The van der Waals surface area contributed by atoms with E-state index in [1.807, 2.05) is 0 Å². The Bertz CT molecular complexity index is 441. The van der Waals surface area contributed by atoms with Crippen molar-refractivity contribution in [1.29, 1.82) is 0 Å². The molecule has 0 fully saturated rings. The number of hydrogen-bond donors (Lipinski definition) is 3. The van der Waals surface area contributed by atoms with E-state index >= 15 is 0 Å². The van der Waals surface area contributed by atoms with Crippen LogP contribution in [-0.4, -0.2) is 39.2 Å². The molecule has 3 N–H and O–H groups in total. The summed E-state index contributed by atoms with van der Waals surface area (Å²) in [5, 5.41) is 21.2. The van der Waals surface area contributed by atoms with Crippen LogP contribution in [0.2, 0.25) is 0 Å². The minimum Gasteiger partial charge on any atom is -0.492 e. The Balaban J connectivity index is 2.13. The summed E-state index contributed by atoms with van der Waals surface area (Å²) in [6.45, 7) is 0.514. The van der Waals surface area contributed by atoms with E-state index in [0.717, 1.165) is 12.8 Å². The van der Waals surface area contributed by atoms with Crippen LogP contribution < -0.4 is 10.2 Å². The van der Waals surface area contributed by atoms with Crippen molar-refractivity contribution in [3.63, 3.8) is 0 Å². The Labute approximate surface area is 121 Å². The minimum absolute atomic E-state index is 0.0593. The number of hydrogen-bond acceptors (Lipinski definition) is 5. The Morgan fingerprint density at radius 3 is 2.45 bits per heavy atom. The lowest BCUT2D eigenvalue weighted by molar-refractivity contribution is -0.145. The van der Waals surface area contributed by atoms with Gasteiger partial charge in [0.2, 0.25) is 17.7 Å². The highest BCUT2D eigenvalue weighted by Crippen LogP contribution is 2.18. The van der Waals surface area contributed by atoms with Crippen molar-refractivity contribution in [1.82, 2.24) is 10.0 Å². The molecule has 0 radical (unpaired) electrons. The lowest BCUT2D eigenvalue weighted by atomic mass is 10.2. The molecule has 0 aromatic carbocycles. The van der Waals surface area contributed by atoms with Gasteiger partial charge >= 0.3 is 5.97 Å². The first-order valence-corrected chi connectivity index (χ1v) is 6.71. The van der Waals surface area contributed by atoms with Crippen molar-refractivity contribution in [2.75, 3.05) is 12.4 Å². The zero-order valence-corrected chi connectivity index (χ0v) is 11.6. The molecule has 0 aliphatic rings. The predicted octanol–water partition coefficient (Wildman–Crippen LogP) is 0.770. The molecule has 20 heavy (non-hydrogen) atoms. The zero-order valence-electron chi connectivity index (χ0n) is 10.8. The Hall–Kier alpha value is -1.89. The first kappa shape index (κ1) is 16.2. The molecule has 7 nitrogen and oxygen atoms in total. The second-order valence-electron chi connectivity index (χ2n) is 4.10. The number of aromatic hydroxyl groups is 2. The molecule has 0 spiro atoms. The van der Waals surface area contributed by atoms with Gasteiger partial charge in [-0.1, -0.05) is 6.42 Å². The Morgan fingerprint density at radius 1 is 1.20 bits per heavy atom. The van der Waals surface area contributed by atoms with Gasteiger partial charge in [0.15, 0.2) is 0 Å². The van der Waals surface area contributed by atoms with E-state index < -0.39 is 5.97 Å². The summed E-state index contributed by atoms with van der Waals surface area (Å²) in [4.78, 5) is 27.0. The Kier molecular flexibility index (Phi) is 6.72. The maximum Gasteiger partial charge on any atom is 0.333 e. The molecule has 112 valence electrons. The van der Waals surface area contributed by atoms with Gasteiger partial charge in [0.05, 0.1) is 0 Å². The molecule has 0 atom stereocenters. The summed E-state index contributed by atoms with van der Waals surface area (Å²) >= 11 is 5.31. The number of nitrogens with zero attached hydrogens (tertiary/aromatic N) is 1. The highest BCUT2D eigenvalue weighted by atomic mass is 35.5. The second-order valence-corrected chi connectivity index (χ2v) is 4.37. The SMILES string of the molecule is O=C(CCl)NCCCCCC(=O)On1c(O)ccc1O. The number of nitrogens with one attached hydrogen (secondary N) is 1. The largest absolute Gasteiger partial charge is 0.492 e. The van der Waals surface area contributed by atoms with E-state index in [1.165, 1.54) is 12.1 Å². The number of carbonyl (C=O) groups excluding carboxylic acids is 2. The molecule has 1 aromatic heterocycles. The number of amides is 1. The number of unbranched alkanes of at least 4 members (excludes halogenated alkanes) is 2. The summed E-state index contributed by atoms with van der Waals surface area (Å²) in [6, 6.07) is 2.42. The molecule has 0 saturated heterocycles. The highest BCUT2D eigenvalue weighted by molar-refractivity contribution is 6.27. The van der Waals surface area contributed by atoms with Gasteiger partial charge < -0.3 is 20.4 Å². The van der Waals surface area contributed by atoms with Gasteiger partial charge in [-0.3, -0.25) is 4.79 Å². The van der Waals surface area contributed by atoms with Crippen molar-refractivity contribution < 1.29 is 24.6 Å². The highest BCUT2D eigenvalue weighted by Gasteiger charge is 2.11. The third-order valence-corrected chi connectivity index (χ3v) is 2.73. The van der Waals surface area contributed by atoms with E-state index in [1.54, 1.807) is 0 Å². The topological polar surface area (TPSA) is 101 Å². The monoisotopic (exact) mass is 304 g/mol. The quantitative estimate of drug-likeness (QED) is 0.486. The van der Waals surface area contributed by atoms with E-state index in [9.17, 15) is 19.8 Å². The summed E-state index contributed by atoms with van der Waals surface area (Å²) in [5.41, 5.74) is 0. The van der Waals surface area contributed by atoms with Gasteiger partial charge in [0, 0.05) is 25.1 Å². The van der Waals surface area contributed by atoms with Crippen LogP contribution in [0.5, 0.6) is 11.8 Å². The summed E-state index contributed by atoms with van der Waals surface area (Å²) in [5.74, 6) is -1.53. The van der Waals surface area contributed by atoms with Gasteiger partial charge in [-0.05, 0) is 12.8 Å². The lowest BCUT2D eigenvalue weighted by Gasteiger charge is -2.07. The summed E-state index contributed by atoms with van der Waals surface area (Å²) < 4.78 is 0.656. The van der Waals surface area contributed by atoms with Crippen LogP contribution in [0.1, 0.15) is 25.7 Å². The minimum atomic E-state index is -0.559. The van der Waals surface area contributed by atoms with Crippen LogP contribution in [-0.2, 0) is 9.59 Å². The molecule has 1 aromatic rings. The Morgan fingerprint density at radius 2 is 1.85 bits per heavy atom. The summed E-state index contributed by atoms with van der Waals surface area (Å²) in [6.07, 6.45) is 2.20. The fourth-order valence-electron chi connectivity index (χ4n) is 1.49. The third-order valence-electron chi connectivity index (χ3n) is 2.49. The van der Waals surface area contributed by atoms with E-state index in [-0.39, 0.29) is 30.0 Å². The number of alkyl halides is 1. The molecule has 0 aliphatic carbocycles. The van der Waals surface area contributed by atoms with Crippen molar-refractivity contribution >= 4 is 23.5 Å². The first-order valence-electron chi connectivity index (χ1n) is 6.18. The smallest absolute Gasteiger partial charge is 0.333 e. The third kappa shape index (κ3) is 5.40. The molecule has 1 amide bonds. The average molecular weight is 305 g/mol. The van der Waals surface area contributed by atoms with Crippen LogP contribution in [0.4, 0.5) is 0 Å². The molecule has 1 rings (SSSR count). The van der Waals surface area contributed by atoms with Gasteiger partial charge in [0.1, 0.15) is 5.88 Å². The van der Waals surface area contributed by atoms with Crippen molar-refractivity contribution in [3.05, 3.63) is 12.1 Å². The van der Waals surface area contributed by atoms with Gasteiger partial charge in [-0.25, -0.2) is 4.79 Å². The normalized spacial score (nSPS) is 10.2. The van der Waals surface area contributed by atoms with Gasteiger partial charge in [-0.2, -0.15) is 0 Å². The molecule has 0 unspecified atom stereocenters. The summed E-state index contributed by atoms with van der Waals surface area (Å²) in [7, 11) is 0. The fourth-order valence-corrected chi connectivity index (χ4v) is 1.58. The van der Waals surface area contributed by atoms with Crippen molar-refractivity contribution in [3.8, 4) is 11.8 Å². The van der Waals surface area contributed by atoms with E-state index in [0.29, 0.717) is 17.7 Å². The molecular weight excluding hydrogens is 288 g/mol. The average Bonchev–Trinajstić information content (AvgIpc) is 2.74. The van der Waals surface area contributed by atoms with Crippen LogP contribution >= 0.6 is 11.6 Å². The lowest BCUT2D eigenvalue weighted by Crippen LogP contribution is -2.25. The second kappa shape index (κ2) is 8.31. The number of aromatic nitrogens is 1. The maximum absolute atomic E-state index is 11.4. The molecule has 8 heteroatoms. The molecule has 0 bridgehead atoms.